The second-order valence-corrected chi connectivity index (χ2v) is 4.32. The number of halogens is 1. The normalized spacial score (nSPS) is 21.9. The first-order valence-electron chi connectivity index (χ1n) is 5.37. The summed E-state index contributed by atoms with van der Waals surface area (Å²) in [6.45, 7) is 4.02. The number of hydrogen-bond acceptors (Lipinski definition) is 2. The Morgan fingerprint density at radius 1 is 1.47 bits per heavy atom. The van der Waals surface area contributed by atoms with Gasteiger partial charge < -0.3 is 10.2 Å². The Balaban J connectivity index is 2.10. The van der Waals surface area contributed by atoms with E-state index in [-0.39, 0.29) is 5.82 Å². The zero-order valence-corrected chi connectivity index (χ0v) is 9.26. The molecule has 15 heavy (non-hydrogen) atoms. The van der Waals surface area contributed by atoms with Crippen LogP contribution < -0.4 is 5.32 Å². The fourth-order valence-corrected chi connectivity index (χ4v) is 2.07. The highest BCUT2D eigenvalue weighted by Crippen LogP contribution is 2.21. The summed E-state index contributed by atoms with van der Waals surface area (Å²) in [5, 5.41) is 3.29. The van der Waals surface area contributed by atoms with Crippen LogP contribution in [0.2, 0.25) is 0 Å². The number of nitrogens with zero attached hydrogens (tertiary/aromatic N) is 1. The number of rotatable bonds is 2. The van der Waals surface area contributed by atoms with E-state index in [2.05, 4.69) is 17.3 Å². The van der Waals surface area contributed by atoms with Crippen LogP contribution in [0.5, 0.6) is 0 Å². The van der Waals surface area contributed by atoms with Crippen LogP contribution in [-0.4, -0.2) is 31.1 Å². The van der Waals surface area contributed by atoms with Gasteiger partial charge in [-0.2, -0.15) is 0 Å². The molecule has 2 nitrogen and oxygen atoms in total. The third kappa shape index (κ3) is 2.29. The van der Waals surface area contributed by atoms with E-state index in [1.54, 1.807) is 6.07 Å². The third-order valence-electron chi connectivity index (χ3n) is 2.96. The molecule has 1 saturated heterocycles. The minimum Gasteiger partial charge on any atom is -0.378 e. The summed E-state index contributed by atoms with van der Waals surface area (Å²) in [5.74, 6) is -0.149. The Hall–Kier alpha value is -1.09. The maximum Gasteiger partial charge on any atom is 0.146 e. The number of hydrogen-bond donors (Lipinski definition) is 1. The van der Waals surface area contributed by atoms with Crippen molar-refractivity contribution in [3.05, 3.63) is 29.6 Å². The largest absolute Gasteiger partial charge is 0.378 e. The minimum atomic E-state index is -0.149. The number of likely N-dealkylation sites (tertiary alicyclic amines) is 1. The quantitative estimate of drug-likeness (QED) is 0.802. The number of nitrogens with one attached hydrogen (secondary N) is 1. The summed E-state index contributed by atoms with van der Waals surface area (Å²) < 4.78 is 13.5. The number of aryl methyl sites for hydroxylation is 1. The lowest BCUT2D eigenvalue weighted by Crippen LogP contribution is -2.24. The van der Waals surface area contributed by atoms with Crippen LogP contribution in [0.1, 0.15) is 12.0 Å². The van der Waals surface area contributed by atoms with Crippen molar-refractivity contribution < 1.29 is 4.39 Å². The van der Waals surface area contributed by atoms with Gasteiger partial charge in [-0.15, -0.1) is 0 Å². The van der Waals surface area contributed by atoms with Gasteiger partial charge in [0.05, 0.1) is 5.69 Å². The maximum atomic E-state index is 13.5. The van der Waals surface area contributed by atoms with Gasteiger partial charge in [-0.1, -0.05) is 12.1 Å². The number of likely N-dealkylation sites (N-methyl/N-ethyl adjacent to an activating group) is 1. The van der Waals surface area contributed by atoms with Crippen molar-refractivity contribution in [2.24, 2.45) is 0 Å². The summed E-state index contributed by atoms with van der Waals surface area (Å²) in [7, 11) is 2.09. The van der Waals surface area contributed by atoms with Crippen LogP contribution in [0, 0.1) is 12.7 Å². The third-order valence-corrected chi connectivity index (χ3v) is 2.96. The van der Waals surface area contributed by atoms with Gasteiger partial charge in [0.15, 0.2) is 0 Å². The van der Waals surface area contributed by atoms with Crippen molar-refractivity contribution in [2.75, 3.05) is 25.5 Å². The van der Waals surface area contributed by atoms with Gasteiger partial charge in [0.25, 0.3) is 0 Å². The lowest BCUT2D eigenvalue weighted by molar-refractivity contribution is 0.414. The highest BCUT2D eigenvalue weighted by Gasteiger charge is 2.20. The van der Waals surface area contributed by atoms with Crippen LogP contribution in [-0.2, 0) is 0 Å². The fourth-order valence-electron chi connectivity index (χ4n) is 2.07. The first-order valence-corrected chi connectivity index (χ1v) is 5.37. The first kappa shape index (κ1) is 10.4. The van der Waals surface area contributed by atoms with Crippen LogP contribution in [0.3, 0.4) is 0 Å². The van der Waals surface area contributed by atoms with Gasteiger partial charge in [-0.3, -0.25) is 0 Å². The maximum absolute atomic E-state index is 13.5. The SMILES string of the molecule is Cc1cccc(F)c1NC1CCN(C)C1. The average Bonchev–Trinajstić information content (AvgIpc) is 2.58. The molecule has 1 N–H and O–H groups in total. The van der Waals surface area contributed by atoms with Gasteiger partial charge in [-0.05, 0) is 38.6 Å². The summed E-state index contributed by atoms with van der Waals surface area (Å²) in [6, 6.07) is 5.57. The molecule has 0 bridgehead atoms. The van der Waals surface area contributed by atoms with E-state index in [4.69, 9.17) is 0 Å². The molecule has 2 rings (SSSR count). The Bertz CT molecular complexity index is 331. The van der Waals surface area contributed by atoms with Crippen molar-refractivity contribution >= 4 is 5.69 Å². The Kier molecular flexibility index (Phi) is 2.91. The molecule has 1 heterocycles. The first-order chi connectivity index (χ1) is 7.16. The second-order valence-electron chi connectivity index (χ2n) is 4.32. The zero-order valence-electron chi connectivity index (χ0n) is 9.26. The molecule has 1 fully saturated rings. The zero-order chi connectivity index (χ0) is 10.8. The predicted molar refractivity (Wildman–Crippen MR) is 60.7 cm³/mol. The van der Waals surface area contributed by atoms with E-state index in [1.807, 2.05) is 13.0 Å². The minimum absolute atomic E-state index is 0.149. The van der Waals surface area contributed by atoms with E-state index < -0.39 is 0 Å². The lowest BCUT2D eigenvalue weighted by atomic mass is 10.1. The summed E-state index contributed by atoms with van der Waals surface area (Å²) in [4.78, 5) is 2.26. The molecule has 1 aromatic carbocycles. The smallest absolute Gasteiger partial charge is 0.146 e. The van der Waals surface area contributed by atoms with Crippen molar-refractivity contribution in [1.82, 2.24) is 4.90 Å². The molecule has 82 valence electrons. The van der Waals surface area contributed by atoms with Gasteiger partial charge in [0.2, 0.25) is 0 Å². The van der Waals surface area contributed by atoms with Crippen LogP contribution in [0.25, 0.3) is 0 Å². The number of benzene rings is 1. The molecule has 3 heteroatoms. The summed E-state index contributed by atoms with van der Waals surface area (Å²) in [5.41, 5.74) is 1.64. The van der Waals surface area contributed by atoms with Crippen molar-refractivity contribution in [2.45, 2.75) is 19.4 Å². The van der Waals surface area contributed by atoms with E-state index in [0.29, 0.717) is 11.7 Å². The molecule has 0 amide bonds. The highest BCUT2D eigenvalue weighted by atomic mass is 19.1. The van der Waals surface area contributed by atoms with Gasteiger partial charge >= 0.3 is 0 Å². The topological polar surface area (TPSA) is 15.3 Å². The molecule has 1 aliphatic rings. The van der Waals surface area contributed by atoms with E-state index in [1.165, 1.54) is 6.07 Å². The van der Waals surface area contributed by atoms with E-state index in [9.17, 15) is 4.39 Å². The van der Waals surface area contributed by atoms with E-state index >= 15 is 0 Å². The monoisotopic (exact) mass is 208 g/mol. The molecule has 0 aromatic heterocycles. The molecule has 1 unspecified atom stereocenters. The standard InChI is InChI=1S/C12H17FN2/c1-9-4-3-5-11(13)12(9)14-10-6-7-15(2)8-10/h3-5,10,14H,6-8H2,1-2H3. The van der Waals surface area contributed by atoms with Gasteiger partial charge in [0.1, 0.15) is 5.82 Å². The molecule has 0 spiro atoms. The van der Waals surface area contributed by atoms with E-state index in [0.717, 1.165) is 25.1 Å². The fraction of sp³-hybridized carbons (Fsp3) is 0.500. The Labute approximate surface area is 90.1 Å². The van der Waals surface area contributed by atoms with Gasteiger partial charge in [0, 0.05) is 12.6 Å². The molecule has 1 aliphatic heterocycles. The van der Waals surface area contributed by atoms with Gasteiger partial charge in [-0.25, -0.2) is 4.39 Å². The molecule has 1 atom stereocenters. The van der Waals surface area contributed by atoms with Crippen LogP contribution in [0.4, 0.5) is 10.1 Å². The molecule has 0 aliphatic carbocycles. The Morgan fingerprint density at radius 2 is 2.27 bits per heavy atom. The second kappa shape index (κ2) is 4.19. The molecular formula is C12H17FN2. The Morgan fingerprint density at radius 3 is 2.87 bits per heavy atom. The highest BCUT2D eigenvalue weighted by molar-refractivity contribution is 5.52. The molecular weight excluding hydrogens is 191 g/mol. The molecule has 0 radical (unpaired) electrons. The van der Waals surface area contributed by atoms with Crippen LogP contribution in [0.15, 0.2) is 18.2 Å². The summed E-state index contributed by atoms with van der Waals surface area (Å²) >= 11 is 0. The van der Waals surface area contributed by atoms with Crippen molar-refractivity contribution in [1.29, 1.82) is 0 Å². The van der Waals surface area contributed by atoms with Crippen LogP contribution >= 0.6 is 0 Å². The molecule has 0 saturated carbocycles. The van der Waals surface area contributed by atoms with Crippen molar-refractivity contribution in [3.8, 4) is 0 Å². The van der Waals surface area contributed by atoms with Crippen molar-refractivity contribution in [3.63, 3.8) is 0 Å². The average molecular weight is 208 g/mol. The predicted octanol–water partition coefficient (Wildman–Crippen LogP) is 2.25. The number of para-hydroxylation sites is 1. The summed E-state index contributed by atoms with van der Waals surface area (Å²) in [6.07, 6.45) is 1.09. The lowest BCUT2D eigenvalue weighted by Gasteiger charge is -2.16. The molecule has 1 aromatic rings. The number of anilines is 1.